The van der Waals surface area contributed by atoms with Gasteiger partial charge in [-0.1, -0.05) is 0 Å². The summed E-state index contributed by atoms with van der Waals surface area (Å²) in [6.07, 6.45) is 1.81. The van der Waals surface area contributed by atoms with Gasteiger partial charge < -0.3 is 19.9 Å². The molecule has 3 rings (SSSR count). The molecule has 6 nitrogen and oxygen atoms in total. The summed E-state index contributed by atoms with van der Waals surface area (Å²) < 4.78 is 0. The van der Waals surface area contributed by atoms with Gasteiger partial charge in [0.2, 0.25) is 0 Å². The molecular weight excluding hydrogens is 258 g/mol. The molecule has 1 fully saturated rings. The highest BCUT2D eigenvalue weighted by atomic mass is 16.4. The fourth-order valence-corrected chi connectivity index (χ4v) is 2.70. The first kappa shape index (κ1) is 12.5. The number of anilines is 1. The number of aromatic nitrogens is 1. The number of hydrogen-bond acceptors (Lipinski definition) is 3. The van der Waals surface area contributed by atoms with Gasteiger partial charge in [-0.25, -0.2) is 4.79 Å². The second-order valence-electron chi connectivity index (χ2n) is 4.82. The summed E-state index contributed by atoms with van der Waals surface area (Å²) in [6, 6.07) is 5.63. The van der Waals surface area contributed by atoms with Crippen LogP contribution >= 0.6 is 0 Å². The van der Waals surface area contributed by atoms with Gasteiger partial charge in [-0.3, -0.25) is 4.79 Å². The number of nitrogens with zero attached hydrogens (tertiary/aromatic N) is 2. The van der Waals surface area contributed by atoms with E-state index in [0.29, 0.717) is 31.7 Å². The number of H-pyrrole nitrogens is 1. The lowest BCUT2D eigenvalue weighted by molar-refractivity contribution is 0.112. The lowest BCUT2D eigenvalue weighted by atomic mass is 10.1. The Bertz CT molecular complexity index is 657. The highest BCUT2D eigenvalue weighted by Gasteiger charge is 2.23. The van der Waals surface area contributed by atoms with Crippen molar-refractivity contribution in [2.45, 2.75) is 0 Å². The molecule has 0 unspecified atom stereocenters. The first-order valence-electron chi connectivity index (χ1n) is 6.49. The van der Waals surface area contributed by atoms with Crippen LogP contribution < -0.4 is 4.90 Å². The maximum Gasteiger partial charge on any atom is 0.407 e. The quantitative estimate of drug-likeness (QED) is 0.818. The summed E-state index contributed by atoms with van der Waals surface area (Å²) in [7, 11) is 0. The number of carboxylic acid groups (broad SMARTS) is 1. The molecule has 1 aliphatic heterocycles. The van der Waals surface area contributed by atoms with Crippen molar-refractivity contribution in [3.63, 3.8) is 0 Å². The summed E-state index contributed by atoms with van der Waals surface area (Å²) >= 11 is 0. The van der Waals surface area contributed by atoms with E-state index in [1.807, 2.05) is 18.3 Å². The van der Waals surface area contributed by atoms with Gasteiger partial charge in [0, 0.05) is 48.8 Å². The van der Waals surface area contributed by atoms with Crippen LogP contribution in [0, 0.1) is 0 Å². The summed E-state index contributed by atoms with van der Waals surface area (Å²) in [6.45, 7) is 2.09. The Hall–Kier alpha value is -2.50. The zero-order chi connectivity index (χ0) is 14.1. The molecule has 6 heteroatoms. The average Bonchev–Trinajstić information content (AvgIpc) is 2.94. The number of benzene rings is 1. The molecule has 0 bridgehead atoms. The molecule has 2 N–H and O–H groups in total. The van der Waals surface area contributed by atoms with Crippen molar-refractivity contribution < 1.29 is 14.7 Å². The summed E-state index contributed by atoms with van der Waals surface area (Å²) in [5.41, 5.74) is 2.51. The lowest BCUT2D eigenvalue weighted by Gasteiger charge is -2.35. The molecule has 2 heterocycles. The smallest absolute Gasteiger partial charge is 0.407 e. The van der Waals surface area contributed by atoms with Crippen LogP contribution in [0.2, 0.25) is 0 Å². The van der Waals surface area contributed by atoms with Gasteiger partial charge in [-0.2, -0.15) is 0 Å². The van der Waals surface area contributed by atoms with Crippen LogP contribution in [0.15, 0.2) is 24.4 Å². The number of rotatable bonds is 2. The second-order valence-corrected chi connectivity index (χ2v) is 4.82. The molecule has 1 aromatic heterocycles. The first-order chi connectivity index (χ1) is 9.70. The standard InChI is InChI=1S/C14H15N3O3/c18-9-10-1-2-12-11(3-4-15-12)13(10)16-5-7-17(8-6-16)14(19)20/h1-4,9,15H,5-8H2,(H,19,20). The van der Waals surface area contributed by atoms with Crippen molar-refractivity contribution in [1.29, 1.82) is 0 Å². The Balaban J connectivity index is 1.96. The van der Waals surface area contributed by atoms with E-state index in [2.05, 4.69) is 9.88 Å². The van der Waals surface area contributed by atoms with Crippen molar-refractivity contribution in [3.05, 3.63) is 30.0 Å². The minimum Gasteiger partial charge on any atom is -0.465 e. The molecule has 0 spiro atoms. The topological polar surface area (TPSA) is 76.6 Å². The number of hydrogen-bond donors (Lipinski definition) is 2. The molecule has 1 aliphatic rings. The van der Waals surface area contributed by atoms with E-state index in [1.165, 1.54) is 4.90 Å². The Labute approximate surface area is 115 Å². The monoisotopic (exact) mass is 273 g/mol. The third-order valence-electron chi connectivity index (χ3n) is 3.73. The number of aromatic amines is 1. The van der Waals surface area contributed by atoms with Crippen molar-refractivity contribution in [2.24, 2.45) is 0 Å². The van der Waals surface area contributed by atoms with Gasteiger partial charge in [0.25, 0.3) is 0 Å². The summed E-state index contributed by atoms with van der Waals surface area (Å²) in [5.74, 6) is 0. The van der Waals surface area contributed by atoms with Crippen LogP contribution in [0.4, 0.5) is 10.5 Å². The number of nitrogens with one attached hydrogen (secondary N) is 1. The van der Waals surface area contributed by atoms with Crippen molar-refractivity contribution >= 4 is 29.0 Å². The summed E-state index contributed by atoms with van der Waals surface area (Å²) in [4.78, 5) is 28.8. The van der Waals surface area contributed by atoms with Gasteiger partial charge in [0.05, 0.1) is 5.69 Å². The number of piperazine rings is 1. The summed E-state index contributed by atoms with van der Waals surface area (Å²) in [5, 5.41) is 9.98. The van der Waals surface area contributed by atoms with E-state index in [0.717, 1.165) is 22.9 Å². The number of carbonyl (C=O) groups is 2. The van der Waals surface area contributed by atoms with Gasteiger partial charge >= 0.3 is 6.09 Å². The molecule has 1 amide bonds. The first-order valence-corrected chi connectivity index (χ1v) is 6.49. The highest BCUT2D eigenvalue weighted by Crippen LogP contribution is 2.30. The molecule has 0 atom stereocenters. The van der Waals surface area contributed by atoms with Crippen LogP contribution in [-0.4, -0.2) is 53.5 Å². The van der Waals surface area contributed by atoms with Gasteiger partial charge in [0.15, 0.2) is 6.29 Å². The Kier molecular flexibility index (Phi) is 3.06. The van der Waals surface area contributed by atoms with Crippen LogP contribution in [0.5, 0.6) is 0 Å². The van der Waals surface area contributed by atoms with Crippen LogP contribution in [0.1, 0.15) is 10.4 Å². The number of fused-ring (bicyclic) bond motifs is 1. The predicted octanol–water partition coefficient (Wildman–Crippen LogP) is 1.78. The minimum absolute atomic E-state index is 0.453. The molecule has 20 heavy (non-hydrogen) atoms. The molecule has 0 saturated carbocycles. The zero-order valence-corrected chi connectivity index (χ0v) is 10.9. The third kappa shape index (κ3) is 1.99. The zero-order valence-electron chi connectivity index (χ0n) is 10.9. The fraction of sp³-hybridized carbons (Fsp3) is 0.286. The molecule has 0 aliphatic carbocycles. The Morgan fingerprint density at radius 1 is 1.20 bits per heavy atom. The molecule has 0 radical (unpaired) electrons. The average molecular weight is 273 g/mol. The van der Waals surface area contributed by atoms with Gasteiger partial charge in [-0.15, -0.1) is 0 Å². The number of carbonyl (C=O) groups excluding carboxylic acids is 1. The van der Waals surface area contributed by atoms with E-state index in [1.54, 1.807) is 6.07 Å². The van der Waals surface area contributed by atoms with Crippen molar-refractivity contribution in [1.82, 2.24) is 9.88 Å². The molecule has 1 saturated heterocycles. The lowest BCUT2D eigenvalue weighted by Crippen LogP contribution is -2.48. The Morgan fingerprint density at radius 2 is 1.95 bits per heavy atom. The molecule has 104 valence electrons. The second kappa shape index (κ2) is 4.88. The third-order valence-corrected chi connectivity index (χ3v) is 3.73. The maximum atomic E-state index is 11.3. The minimum atomic E-state index is -0.889. The predicted molar refractivity (Wildman–Crippen MR) is 75.5 cm³/mol. The maximum absolute atomic E-state index is 11.3. The number of amides is 1. The van der Waals surface area contributed by atoms with Crippen molar-refractivity contribution in [3.8, 4) is 0 Å². The van der Waals surface area contributed by atoms with Gasteiger partial charge in [0.1, 0.15) is 0 Å². The van der Waals surface area contributed by atoms with E-state index in [-0.39, 0.29) is 0 Å². The normalized spacial score (nSPS) is 15.6. The molecule has 2 aromatic rings. The van der Waals surface area contributed by atoms with Crippen molar-refractivity contribution in [2.75, 3.05) is 31.1 Å². The van der Waals surface area contributed by atoms with E-state index in [4.69, 9.17) is 5.11 Å². The van der Waals surface area contributed by atoms with E-state index >= 15 is 0 Å². The largest absolute Gasteiger partial charge is 0.465 e. The van der Waals surface area contributed by atoms with Crippen LogP contribution in [-0.2, 0) is 0 Å². The Morgan fingerprint density at radius 3 is 2.60 bits per heavy atom. The van der Waals surface area contributed by atoms with E-state index in [9.17, 15) is 9.59 Å². The molecule has 1 aromatic carbocycles. The SMILES string of the molecule is O=Cc1ccc2[nH]ccc2c1N1CCN(C(=O)O)CC1. The van der Waals surface area contributed by atoms with E-state index < -0.39 is 6.09 Å². The fourth-order valence-electron chi connectivity index (χ4n) is 2.70. The van der Waals surface area contributed by atoms with Crippen LogP contribution in [0.3, 0.4) is 0 Å². The highest BCUT2D eigenvalue weighted by molar-refractivity contribution is 6.01. The van der Waals surface area contributed by atoms with Gasteiger partial charge in [-0.05, 0) is 18.2 Å². The molecular formula is C14H15N3O3. The number of aldehydes is 1. The van der Waals surface area contributed by atoms with Crippen LogP contribution in [0.25, 0.3) is 10.9 Å².